The van der Waals surface area contributed by atoms with E-state index in [1.54, 1.807) is 12.1 Å². The van der Waals surface area contributed by atoms with Gasteiger partial charge in [0.15, 0.2) is 0 Å². The van der Waals surface area contributed by atoms with Crippen molar-refractivity contribution in [1.82, 2.24) is 0 Å². The van der Waals surface area contributed by atoms with Crippen molar-refractivity contribution >= 4 is 28.9 Å². The molecule has 0 aliphatic heterocycles. The molecule has 2 rings (SSSR count). The molecule has 98 valence electrons. The summed E-state index contributed by atoms with van der Waals surface area (Å²) in [5.74, 6) is -0.409. The van der Waals surface area contributed by atoms with Crippen LogP contribution in [0.1, 0.15) is 15.9 Å². The predicted molar refractivity (Wildman–Crippen MR) is 76.7 cm³/mol. The summed E-state index contributed by atoms with van der Waals surface area (Å²) in [6, 6.07) is 9.45. The minimum atomic E-state index is -0.394. The summed E-state index contributed by atoms with van der Waals surface area (Å²) in [6.45, 7) is 1.86. The number of aryl methyl sites for hydroxylation is 1. The van der Waals surface area contributed by atoms with Crippen molar-refractivity contribution in [3.8, 4) is 5.75 Å². The first kappa shape index (κ1) is 13.2. The number of halogens is 1. The molecule has 4 nitrogen and oxygen atoms in total. The summed E-state index contributed by atoms with van der Waals surface area (Å²) in [6.07, 6.45) is 0. The Morgan fingerprint density at radius 1 is 1.26 bits per heavy atom. The van der Waals surface area contributed by atoms with Crippen LogP contribution in [-0.2, 0) is 0 Å². The lowest BCUT2D eigenvalue weighted by atomic mass is 10.1. The highest BCUT2D eigenvalue weighted by Crippen LogP contribution is 2.24. The van der Waals surface area contributed by atoms with Crippen LogP contribution in [-0.4, -0.2) is 11.0 Å². The van der Waals surface area contributed by atoms with Crippen molar-refractivity contribution in [3.63, 3.8) is 0 Å². The number of nitrogen functional groups attached to an aromatic ring is 1. The zero-order valence-corrected chi connectivity index (χ0v) is 11.0. The fourth-order valence-corrected chi connectivity index (χ4v) is 1.85. The van der Waals surface area contributed by atoms with Crippen molar-refractivity contribution in [3.05, 3.63) is 52.5 Å². The van der Waals surface area contributed by atoms with Crippen LogP contribution in [0.5, 0.6) is 5.75 Å². The molecule has 0 atom stereocenters. The van der Waals surface area contributed by atoms with E-state index in [1.807, 2.05) is 13.0 Å². The van der Waals surface area contributed by atoms with Crippen molar-refractivity contribution in [2.24, 2.45) is 0 Å². The first-order valence-corrected chi connectivity index (χ1v) is 6.01. The number of rotatable bonds is 2. The number of hydrogen-bond donors (Lipinski definition) is 3. The van der Waals surface area contributed by atoms with Crippen LogP contribution in [0.2, 0.25) is 5.02 Å². The van der Waals surface area contributed by atoms with Gasteiger partial charge in [-0.3, -0.25) is 4.79 Å². The molecular formula is C14H13ClN2O2. The highest BCUT2D eigenvalue weighted by molar-refractivity contribution is 6.34. The number of nitrogens with one attached hydrogen (secondary N) is 1. The van der Waals surface area contributed by atoms with Gasteiger partial charge in [-0.05, 0) is 42.8 Å². The maximum Gasteiger partial charge on any atom is 0.257 e. The van der Waals surface area contributed by atoms with Gasteiger partial charge in [-0.1, -0.05) is 17.7 Å². The Bertz CT molecular complexity index is 641. The molecule has 19 heavy (non-hydrogen) atoms. The van der Waals surface area contributed by atoms with Gasteiger partial charge in [0.2, 0.25) is 0 Å². The second-order valence-corrected chi connectivity index (χ2v) is 4.60. The molecule has 0 aliphatic rings. The fraction of sp³-hybridized carbons (Fsp3) is 0.0714. The number of hydrogen-bond acceptors (Lipinski definition) is 3. The monoisotopic (exact) mass is 276 g/mol. The van der Waals surface area contributed by atoms with Gasteiger partial charge in [-0.15, -0.1) is 0 Å². The Morgan fingerprint density at radius 2 is 2.00 bits per heavy atom. The molecule has 1 amide bonds. The van der Waals surface area contributed by atoms with Crippen molar-refractivity contribution in [2.75, 3.05) is 11.1 Å². The van der Waals surface area contributed by atoms with Crippen molar-refractivity contribution in [2.45, 2.75) is 6.92 Å². The summed E-state index contributed by atoms with van der Waals surface area (Å²) in [7, 11) is 0. The number of carbonyl (C=O) groups excluding carboxylic acids is 1. The maximum absolute atomic E-state index is 12.1. The van der Waals surface area contributed by atoms with Gasteiger partial charge < -0.3 is 16.2 Å². The first-order chi connectivity index (χ1) is 8.97. The molecular weight excluding hydrogens is 264 g/mol. The van der Waals surface area contributed by atoms with E-state index in [0.29, 0.717) is 11.4 Å². The number of carbonyl (C=O) groups is 1. The lowest BCUT2D eigenvalue weighted by molar-refractivity contribution is 0.102. The molecule has 0 saturated heterocycles. The SMILES string of the molecule is Cc1ccc(N)cc1NC(=O)c1cc(O)ccc1Cl. The molecule has 0 bridgehead atoms. The molecule has 0 fully saturated rings. The third-order valence-electron chi connectivity index (χ3n) is 2.70. The van der Waals surface area contributed by atoms with Gasteiger partial charge in [0, 0.05) is 11.4 Å². The van der Waals surface area contributed by atoms with Gasteiger partial charge in [-0.25, -0.2) is 0 Å². The van der Waals surface area contributed by atoms with Crippen LogP contribution >= 0.6 is 11.6 Å². The minimum Gasteiger partial charge on any atom is -0.508 e. The zero-order valence-electron chi connectivity index (χ0n) is 10.3. The van der Waals surface area contributed by atoms with Gasteiger partial charge >= 0.3 is 0 Å². The van der Waals surface area contributed by atoms with Crippen LogP contribution in [0.15, 0.2) is 36.4 Å². The third kappa shape index (κ3) is 2.98. The Kier molecular flexibility index (Phi) is 3.62. The van der Waals surface area contributed by atoms with Gasteiger partial charge in [0.25, 0.3) is 5.91 Å². The molecule has 5 heteroatoms. The smallest absolute Gasteiger partial charge is 0.257 e. The summed E-state index contributed by atoms with van der Waals surface area (Å²) < 4.78 is 0. The van der Waals surface area contributed by atoms with E-state index in [-0.39, 0.29) is 16.3 Å². The Hall–Kier alpha value is -2.20. The molecule has 0 aromatic heterocycles. The molecule has 0 radical (unpaired) electrons. The van der Waals surface area contributed by atoms with Crippen LogP contribution in [0.25, 0.3) is 0 Å². The van der Waals surface area contributed by atoms with Crippen LogP contribution < -0.4 is 11.1 Å². The van der Waals surface area contributed by atoms with E-state index >= 15 is 0 Å². The van der Waals surface area contributed by atoms with E-state index in [4.69, 9.17) is 17.3 Å². The highest BCUT2D eigenvalue weighted by Gasteiger charge is 2.12. The first-order valence-electron chi connectivity index (χ1n) is 5.63. The van der Waals surface area contributed by atoms with Gasteiger partial charge in [0.1, 0.15) is 5.75 Å². The van der Waals surface area contributed by atoms with Crippen molar-refractivity contribution < 1.29 is 9.90 Å². The van der Waals surface area contributed by atoms with Crippen LogP contribution in [0, 0.1) is 6.92 Å². The van der Waals surface area contributed by atoms with Gasteiger partial charge in [0.05, 0.1) is 10.6 Å². The summed E-state index contributed by atoms with van der Waals surface area (Å²) in [5, 5.41) is 12.4. The highest BCUT2D eigenvalue weighted by atomic mass is 35.5. The molecule has 2 aromatic rings. The van der Waals surface area contributed by atoms with Gasteiger partial charge in [-0.2, -0.15) is 0 Å². The maximum atomic E-state index is 12.1. The Balaban J connectivity index is 2.30. The average molecular weight is 277 g/mol. The minimum absolute atomic E-state index is 0.0150. The average Bonchev–Trinajstić information content (AvgIpc) is 2.36. The number of anilines is 2. The Labute approximate surface area is 115 Å². The third-order valence-corrected chi connectivity index (χ3v) is 3.03. The van der Waals surface area contributed by atoms with Crippen molar-refractivity contribution in [1.29, 1.82) is 0 Å². The summed E-state index contributed by atoms with van der Waals surface area (Å²) in [5.41, 5.74) is 7.95. The summed E-state index contributed by atoms with van der Waals surface area (Å²) in [4.78, 5) is 12.1. The Morgan fingerprint density at radius 3 is 2.74 bits per heavy atom. The molecule has 0 heterocycles. The molecule has 0 spiro atoms. The number of phenols is 1. The molecule has 0 unspecified atom stereocenters. The predicted octanol–water partition coefficient (Wildman–Crippen LogP) is 3.19. The number of nitrogens with two attached hydrogens (primary N) is 1. The number of phenolic OH excluding ortho intramolecular Hbond substituents is 1. The van der Waals surface area contributed by atoms with Crippen LogP contribution in [0.3, 0.4) is 0 Å². The standard InChI is InChI=1S/C14H13ClN2O2/c1-8-2-3-9(16)6-13(8)17-14(19)11-7-10(18)4-5-12(11)15/h2-7,18H,16H2,1H3,(H,17,19). The van der Waals surface area contributed by atoms with E-state index in [0.717, 1.165) is 5.56 Å². The van der Waals surface area contributed by atoms with E-state index < -0.39 is 5.91 Å². The van der Waals surface area contributed by atoms with E-state index in [9.17, 15) is 9.90 Å². The number of benzene rings is 2. The topological polar surface area (TPSA) is 75.3 Å². The summed E-state index contributed by atoms with van der Waals surface area (Å²) >= 11 is 5.93. The molecule has 0 aliphatic carbocycles. The second-order valence-electron chi connectivity index (χ2n) is 4.19. The lowest BCUT2D eigenvalue weighted by Crippen LogP contribution is -2.13. The van der Waals surface area contributed by atoms with E-state index in [1.165, 1.54) is 18.2 Å². The normalized spacial score (nSPS) is 10.2. The largest absolute Gasteiger partial charge is 0.508 e. The molecule has 0 saturated carbocycles. The quantitative estimate of drug-likeness (QED) is 0.737. The second kappa shape index (κ2) is 5.20. The lowest BCUT2D eigenvalue weighted by Gasteiger charge is -2.10. The molecule has 2 aromatic carbocycles. The molecule has 4 N–H and O–H groups in total. The van der Waals surface area contributed by atoms with E-state index in [2.05, 4.69) is 5.32 Å². The zero-order chi connectivity index (χ0) is 14.0. The van der Waals surface area contributed by atoms with Crippen LogP contribution in [0.4, 0.5) is 11.4 Å². The number of aromatic hydroxyl groups is 1. The fourth-order valence-electron chi connectivity index (χ4n) is 1.65. The number of amides is 1.